The molecule has 3 N–H and O–H groups in total. The van der Waals surface area contributed by atoms with Crippen LogP contribution in [-0.2, 0) is 7.05 Å². The summed E-state index contributed by atoms with van der Waals surface area (Å²) in [6.07, 6.45) is 2.19. The molecule has 0 aliphatic carbocycles. The number of nitrogens with two attached hydrogens (primary N) is 1. The summed E-state index contributed by atoms with van der Waals surface area (Å²) in [6, 6.07) is 0.479. The van der Waals surface area contributed by atoms with Crippen molar-refractivity contribution in [1.82, 2.24) is 9.78 Å². The van der Waals surface area contributed by atoms with Gasteiger partial charge in [-0.2, -0.15) is 5.10 Å². The number of anilines is 2. The smallest absolute Gasteiger partial charge is 0.147 e. The van der Waals surface area contributed by atoms with E-state index in [0.29, 0.717) is 6.04 Å². The van der Waals surface area contributed by atoms with Crippen LogP contribution >= 0.6 is 0 Å². The van der Waals surface area contributed by atoms with Gasteiger partial charge in [-0.1, -0.05) is 13.8 Å². The van der Waals surface area contributed by atoms with E-state index in [-0.39, 0.29) is 0 Å². The average molecular weight is 196 g/mol. The highest BCUT2D eigenvalue weighted by Gasteiger charge is 2.12. The fourth-order valence-electron chi connectivity index (χ4n) is 1.53. The van der Waals surface area contributed by atoms with Crippen LogP contribution in [-0.4, -0.2) is 15.8 Å². The molecule has 0 radical (unpaired) electrons. The first kappa shape index (κ1) is 10.9. The normalized spacial score (nSPS) is 10.9. The summed E-state index contributed by atoms with van der Waals surface area (Å²) in [5.74, 6) is 0.941. The molecule has 0 saturated heterocycles. The third kappa shape index (κ3) is 2.00. The van der Waals surface area contributed by atoms with Crippen LogP contribution in [0.2, 0.25) is 0 Å². The zero-order chi connectivity index (χ0) is 10.7. The maximum atomic E-state index is 5.92. The maximum absolute atomic E-state index is 5.92. The van der Waals surface area contributed by atoms with Gasteiger partial charge in [0.2, 0.25) is 0 Å². The molecular formula is C10H20N4. The third-order valence-corrected chi connectivity index (χ3v) is 2.59. The summed E-state index contributed by atoms with van der Waals surface area (Å²) >= 11 is 0. The van der Waals surface area contributed by atoms with Crippen LogP contribution in [0, 0.1) is 6.92 Å². The molecule has 0 unspecified atom stereocenters. The van der Waals surface area contributed by atoms with Crippen LogP contribution < -0.4 is 11.1 Å². The highest BCUT2D eigenvalue weighted by molar-refractivity contribution is 5.64. The Morgan fingerprint density at radius 1 is 1.43 bits per heavy atom. The molecular weight excluding hydrogens is 176 g/mol. The molecule has 1 aromatic heterocycles. The highest BCUT2D eigenvalue weighted by Crippen LogP contribution is 2.22. The van der Waals surface area contributed by atoms with Crippen molar-refractivity contribution in [1.29, 1.82) is 0 Å². The topological polar surface area (TPSA) is 55.9 Å². The summed E-state index contributed by atoms with van der Waals surface area (Å²) in [4.78, 5) is 0. The van der Waals surface area contributed by atoms with Crippen molar-refractivity contribution in [2.45, 2.75) is 39.7 Å². The number of rotatable bonds is 4. The molecule has 1 aromatic rings. The number of hydrogen-bond donors (Lipinski definition) is 2. The van der Waals surface area contributed by atoms with Gasteiger partial charge in [0.15, 0.2) is 0 Å². The minimum Gasteiger partial charge on any atom is -0.394 e. The zero-order valence-corrected chi connectivity index (χ0v) is 9.46. The quantitative estimate of drug-likeness (QED) is 0.773. The summed E-state index contributed by atoms with van der Waals surface area (Å²) < 4.78 is 1.81. The van der Waals surface area contributed by atoms with E-state index in [4.69, 9.17) is 5.73 Å². The molecule has 0 aliphatic rings. The second kappa shape index (κ2) is 4.35. The Hall–Kier alpha value is -1.19. The largest absolute Gasteiger partial charge is 0.394 e. The Morgan fingerprint density at radius 2 is 2.00 bits per heavy atom. The van der Waals surface area contributed by atoms with E-state index in [0.717, 1.165) is 30.0 Å². The average Bonchev–Trinajstić information content (AvgIpc) is 2.40. The Kier molecular flexibility index (Phi) is 3.38. The van der Waals surface area contributed by atoms with Crippen molar-refractivity contribution in [3.63, 3.8) is 0 Å². The monoisotopic (exact) mass is 196 g/mol. The van der Waals surface area contributed by atoms with E-state index in [1.807, 2.05) is 18.7 Å². The molecule has 1 rings (SSSR count). The molecule has 0 spiro atoms. The molecule has 0 fully saturated rings. The lowest BCUT2D eigenvalue weighted by Gasteiger charge is -2.16. The van der Waals surface area contributed by atoms with Gasteiger partial charge in [-0.05, 0) is 19.8 Å². The first-order valence-electron chi connectivity index (χ1n) is 5.15. The molecule has 1 heterocycles. The first-order valence-corrected chi connectivity index (χ1v) is 5.15. The summed E-state index contributed by atoms with van der Waals surface area (Å²) in [7, 11) is 1.91. The molecule has 0 atom stereocenters. The standard InChI is InChI=1S/C10H20N4/c1-5-8(6-2)12-10-9(11)7(3)13-14(10)4/h8,12H,5-6,11H2,1-4H3. The van der Waals surface area contributed by atoms with Crippen LogP contribution in [0.15, 0.2) is 0 Å². The minimum absolute atomic E-state index is 0.479. The molecule has 4 heteroatoms. The molecule has 4 nitrogen and oxygen atoms in total. The third-order valence-electron chi connectivity index (χ3n) is 2.59. The highest BCUT2D eigenvalue weighted by atomic mass is 15.3. The van der Waals surface area contributed by atoms with Gasteiger partial charge in [-0.3, -0.25) is 4.68 Å². The number of nitrogens with zero attached hydrogens (tertiary/aromatic N) is 2. The van der Waals surface area contributed by atoms with Crippen molar-refractivity contribution in [2.75, 3.05) is 11.1 Å². The van der Waals surface area contributed by atoms with Crippen LogP contribution in [0.4, 0.5) is 11.5 Å². The zero-order valence-electron chi connectivity index (χ0n) is 9.46. The van der Waals surface area contributed by atoms with Gasteiger partial charge in [0.05, 0.1) is 11.4 Å². The molecule has 80 valence electrons. The van der Waals surface area contributed by atoms with Gasteiger partial charge in [0.1, 0.15) is 5.82 Å². The van der Waals surface area contributed by atoms with Crippen LogP contribution in [0.5, 0.6) is 0 Å². The summed E-state index contributed by atoms with van der Waals surface area (Å²) in [5, 5.41) is 7.67. The Morgan fingerprint density at radius 3 is 2.36 bits per heavy atom. The number of nitrogens with one attached hydrogen (secondary N) is 1. The van der Waals surface area contributed by atoms with E-state index >= 15 is 0 Å². The lowest BCUT2D eigenvalue weighted by Crippen LogP contribution is -2.19. The van der Waals surface area contributed by atoms with Gasteiger partial charge in [0.25, 0.3) is 0 Å². The van der Waals surface area contributed by atoms with E-state index in [2.05, 4.69) is 24.3 Å². The second-order valence-corrected chi connectivity index (χ2v) is 3.63. The molecule has 0 aliphatic heterocycles. The van der Waals surface area contributed by atoms with E-state index < -0.39 is 0 Å². The van der Waals surface area contributed by atoms with Crippen molar-refractivity contribution in [3.8, 4) is 0 Å². The predicted molar refractivity (Wildman–Crippen MR) is 60.4 cm³/mol. The molecule has 0 aromatic carbocycles. The second-order valence-electron chi connectivity index (χ2n) is 3.63. The van der Waals surface area contributed by atoms with E-state index in [9.17, 15) is 0 Å². The van der Waals surface area contributed by atoms with Crippen LogP contribution in [0.25, 0.3) is 0 Å². The van der Waals surface area contributed by atoms with E-state index in [1.165, 1.54) is 0 Å². The number of aryl methyl sites for hydroxylation is 2. The van der Waals surface area contributed by atoms with Gasteiger partial charge < -0.3 is 11.1 Å². The van der Waals surface area contributed by atoms with Crippen molar-refractivity contribution in [2.24, 2.45) is 7.05 Å². The Balaban J connectivity index is 2.84. The van der Waals surface area contributed by atoms with Gasteiger partial charge in [0, 0.05) is 13.1 Å². The number of nitrogen functional groups attached to an aromatic ring is 1. The molecule has 0 saturated carbocycles. The fraction of sp³-hybridized carbons (Fsp3) is 0.700. The first-order chi connectivity index (χ1) is 6.60. The Bertz CT molecular complexity index is 299. The van der Waals surface area contributed by atoms with Crippen molar-refractivity contribution >= 4 is 11.5 Å². The van der Waals surface area contributed by atoms with Crippen molar-refractivity contribution < 1.29 is 0 Å². The minimum atomic E-state index is 0.479. The summed E-state index contributed by atoms with van der Waals surface area (Å²) in [5.41, 5.74) is 7.57. The van der Waals surface area contributed by atoms with Crippen molar-refractivity contribution in [3.05, 3.63) is 5.69 Å². The van der Waals surface area contributed by atoms with E-state index in [1.54, 1.807) is 0 Å². The number of aromatic nitrogens is 2. The summed E-state index contributed by atoms with van der Waals surface area (Å²) in [6.45, 7) is 6.26. The van der Waals surface area contributed by atoms with Crippen LogP contribution in [0.1, 0.15) is 32.4 Å². The van der Waals surface area contributed by atoms with Gasteiger partial charge >= 0.3 is 0 Å². The molecule has 0 amide bonds. The molecule has 14 heavy (non-hydrogen) atoms. The lowest BCUT2D eigenvalue weighted by molar-refractivity contribution is 0.653. The maximum Gasteiger partial charge on any atom is 0.147 e. The van der Waals surface area contributed by atoms with Crippen LogP contribution in [0.3, 0.4) is 0 Å². The molecule has 0 bridgehead atoms. The predicted octanol–water partition coefficient (Wildman–Crippen LogP) is 1.91. The SMILES string of the molecule is CCC(CC)Nc1c(N)c(C)nn1C. The Labute approximate surface area is 85.5 Å². The fourth-order valence-corrected chi connectivity index (χ4v) is 1.53. The lowest BCUT2D eigenvalue weighted by atomic mass is 10.2. The van der Waals surface area contributed by atoms with Gasteiger partial charge in [-0.25, -0.2) is 0 Å². The number of hydrogen-bond acceptors (Lipinski definition) is 3. The van der Waals surface area contributed by atoms with Gasteiger partial charge in [-0.15, -0.1) is 0 Å².